The average molecular weight is 364 g/mol. The van der Waals surface area contributed by atoms with Crippen molar-refractivity contribution in [3.8, 4) is 0 Å². The Labute approximate surface area is 149 Å². The maximum absolute atomic E-state index is 12.5. The average Bonchev–Trinajstić information content (AvgIpc) is 2.58. The molecule has 1 amide bonds. The van der Waals surface area contributed by atoms with Gasteiger partial charge in [-0.15, -0.1) is 0 Å². The minimum atomic E-state index is -4.43. The molecule has 138 valence electrons. The first-order chi connectivity index (χ1) is 12.3. The smallest absolute Gasteiger partial charge is 0.370 e. The molecule has 2 aromatic rings. The summed E-state index contributed by atoms with van der Waals surface area (Å²) >= 11 is 0. The van der Waals surface area contributed by atoms with E-state index in [4.69, 9.17) is 5.73 Å². The van der Waals surface area contributed by atoms with Gasteiger partial charge in [-0.25, -0.2) is 0 Å². The summed E-state index contributed by atoms with van der Waals surface area (Å²) in [4.78, 5) is 16.0. The van der Waals surface area contributed by atoms with Crippen LogP contribution in [0.2, 0.25) is 0 Å². The SMILES string of the molecule is Cc1cccc(NC(N)=NCCNC(=O)c2ccc(C(F)(F)F)cc2)c1. The van der Waals surface area contributed by atoms with E-state index in [1.54, 1.807) is 0 Å². The maximum Gasteiger partial charge on any atom is 0.416 e. The molecule has 0 unspecified atom stereocenters. The fraction of sp³-hybridized carbons (Fsp3) is 0.222. The number of benzene rings is 2. The summed E-state index contributed by atoms with van der Waals surface area (Å²) in [5, 5.41) is 5.51. The van der Waals surface area contributed by atoms with Crippen molar-refractivity contribution in [3.05, 3.63) is 65.2 Å². The molecule has 0 fully saturated rings. The number of anilines is 1. The molecule has 5 nitrogen and oxygen atoms in total. The number of alkyl halides is 3. The molecule has 8 heteroatoms. The van der Waals surface area contributed by atoms with Crippen molar-refractivity contribution in [2.75, 3.05) is 18.4 Å². The lowest BCUT2D eigenvalue weighted by molar-refractivity contribution is -0.137. The van der Waals surface area contributed by atoms with Crippen molar-refractivity contribution in [3.63, 3.8) is 0 Å². The number of carbonyl (C=O) groups is 1. The first kappa shape index (κ1) is 19.3. The van der Waals surface area contributed by atoms with Crippen molar-refractivity contribution >= 4 is 17.6 Å². The fourth-order valence-corrected chi connectivity index (χ4v) is 2.17. The third-order valence-electron chi connectivity index (χ3n) is 3.44. The van der Waals surface area contributed by atoms with Crippen LogP contribution in [-0.2, 0) is 6.18 Å². The molecule has 2 rings (SSSR count). The Hall–Kier alpha value is -3.03. The number of guanidine groups is 1. The standard InChI is InChI=1S/C18H19F3N4O/c1-12-3-2-4-15(11-12)25-17(22)24-10-9-23-16(26)13-5-7-14(8-6-13)18(19,20)21/h2-8,11H,9-10H2,1H3,(H,23,26)(H3,22,24,25). The van der Waals surface area contributed by atoms with Gasteiger partial charge in [-0.05, 0) is 48.9 Å². The summed E-state index contributed by atoms with van der Waals surface area (Å²) in [6.07, 6.45) is -4.43. The Balaban J connectivity index is 1.80. The monoisotopic (exact) mass is 364 g/mol. The zero-order valence-electron chi connectivity index (χ0n) is 14.1. The summed E-state index contributed by atoms with van der Waals surface area (Å²) in [6.45, 7) is 2.39. The molecule has 0 aromatic heterocycles. The van der Waals surface area contributed by atoms with E-state index >= 15 is 0 Å². The van der Waals surface area contributed by atoms with Gasteiger partial charge in [-0.1, -0.05) is 12.1 Å². The maximum atomic E-state index is 12.5. The van der Waals surface area contributed by atoms with Crippen LogP contribution in [0.4, 0.5) is 18.9 Å². The molecule has 0 heterocycles. The molecule has 4 N–H and O–H groups in total. The highest BCUT2D eigenvalue weighted by atomic mass is 19.4. The highest BCUT2D eigenvalue weighted by molar-refractivity contribution is 5.94. The number of rotatable bonds is 5. The molecule has 2 aromatic carbocycles. The minimum Gasteiger partial charge on any atom is -0.370 e. The van der Waals surface area contributed by atoms with Crippen molar-refractivity contribution in [2.45, 2.75) is 13.1 Å². The third-order valence-corrected chi connectivity index (χ3v) is 3.44. The molecule has 0 spiro atoms. The lowest BCUT2D eigenvalue weighted by Gasteiger charge is -2.08. The number of nitrogens with zero attached hydrogens (tertiary/aromatic N) is 1. The van der Waals surface area contributed by atoms with E-state index in [2.05, 4.69) is 15.6 Å². The van der Waals surface area contributed by atoms with Crippen LogP contribution >= 0.6 is 0 Å². The molecule has 0 saturated heterocycles. The number of amides is 1. The number of hydrogen-bond acceptors (Lipinski definition) is 2. The third kappa shape index (κ3) is 5.80. The van der Waals surface area contributed by atoms with Gasteiger partial charge in [0.25, 0.3) is 5.91 Å². The highest BCUT2D eigenvalue weighted by Gasteiger charge is 2.30. The topological polar surface area (TPSA) is 79.5 Å². The van der Waals surface area contributed by atoms with Gasteiger partial charge in [0.05, 0.1) is 12.1 Å². The second kappa shape index (κ2) is 8.37. The van der Waals surface area contributed by atoms with Gasteiger partial charge in [0.1, 0.15) is 0 Å². The Kier molecular flexibility index (Phi) is 6.21. The second-order valence-electron chi connectivity index (χ2n) is 5.59. The van der Waals surface area contributed by atoms with Gasteiger partial charge in [0.2, 0.25) is 0 Å². The highest BCUT2D eigenvalue weighted by Crippen LogP contribution is 2.29. The van der Waals surface area contributed by atoms with E-state index in [1.165, 1.54) is 0 Å². The zero-order chi connectivity index (χ0) is 19.2. The molecule has 0 bridgehead atoms. The van der Waals surface area contributed by atoms with Gasteiger partial charge in [-0.3, -0.25) is 9.79 Å². The number of nitrogens with one attached hydrogen (secondary N) is 2. The zero-order valence-corrected chi connectivity index (χ0v) is 14.1. The molecule has 0 aliphatic carbocycles. The number of carbonyl (C=O) groups excluding carboxylic acids is 1. The number of halogens is 3. The molecule has 0 aliphatic heterocycles. The number of hydrogen-bond donors (Lipinski definition) is 3. The summed E-state index contributed by atoms with van der Waals surface area (Å²) in [5.74, 6) is -0.265. The van der Waals surface area contributed by atoms with Crippen LogP contribution in [0.15, 0.2) is 53.5 Å². The summed E-state index contributed by atoms with van der Waals surface area (Å²) < 4.78 is 37.5. The Morgan fingerprint density at radius 1 is 1.15 bits per heavy atom. The molecule has 0 saturated carbocycles. The quantitative estimate of drug-likeness (QED) is 0.433. The van der Waals surface area contributed by atoms with E-state index in [9.17, 15) is 18.0 Å². The predicted molar refractivity (Wildman–Crippen MR) is 95.1 cm³/mol. The predicted octanol–water partition coefficient (Wildman–Crippen LogP) is 3.17. The summed E-state index contributed by atoms with van der Waals surface area (Å²) in [6, 6.07) is 11.6. The van der Waals surface area contributed by atoms with E-state index in [1.807, 2.05) is 31.2 Å². The van der Waals surface area contributed by atoms with Crippen LogP contribution in [0, 0.1) is 6.92 Å². The minimum absolute atomic E-state index is 0.146. The van der Waals surface area contributed by atoms with Crippen LogP contribution in [0.1, 0.15) is 21.5 Å². The first-order valence-corrected chi connectivity index (χ1v) is 7.85. The molecule has 0 atom stereocenters. The van der Waals surface area contributed by atoms with Gasteiger partial charge < -0.3 is 16.4 Å². The van der Waals surface area contributed by atoms with Crippen molar-refractivity contribution in [2.24, 2.45) is 10.7 Å². The van der Waals surface area contributed by atoms with Gasteiger partial charge >= 0.3 is 6.18 Å². The van der Waals surface area contributed by atoms with Crippen LogP contribution in [0.3, 0.4) is 0 Å². The van der Waals surface area contributed by atoms with E-state index in [-0.39, 0.29) is 24.6 Å². The molecule has 26 heavy (non-hydrogen) atoms. The number of nitrogens with two attached hydrogens (primary N) is 1. The van der Waals surface area contributed by atoms with Crippen LogP contribution in [-0.4, -0.2) is 25.0 Å². The number of aryl methyl sites for hydroxylation is 1. The van der Waals surface area contributed by atoms with Crippen LogP contribution in [0.5, 0.6) is 0 Å². The van der Waals surface area contributed by atoms with E-state index in [0.29, 0.717) is 0 Å². The van der Waals surface area contributed by atoms with Crippen molar-refractivity contribution in [1.29, 1.82) is 0 Å². The van der Waals surface area contributed by atoms with Crippen molar-refractivity contribution < 1.29 is 18.0 Å². The molecule has 0 aliphatic rings. The van der Waals surface area contributed by atoms with Crippen LogP contribution < -0.4 is 16.4 Å². The molecule has 0 radical (unpaired) electrons. The Bertz CT molecular complexity index is 786. The van der Waals surface area contributed by atoms with Crippen LogP contribution in [0.25, 0.3) is 0 Å². The second-order valence-corrected chi connectivity index (χ2v) is 5.59. The molecular formula is C18H19F3N4O. The summed E-state index contributed by atoms with van der Waals surface area (Å²) in [5.41, 5.74) is 6.99. The Morgan fingerprint density at radius 2 is 1.85 bits per heavy atom. The summed E-state index contributed by atoms with van der Waals surface area (Å²) in [7, 11) is 0. The van der Waals surface area contributed by atoms with Gasteiger partial charge in [0, 0.05) is 17.8 Å². The van der Waals surface area contributed by atoms with Crippen molar-refractivity contribution in [1.82, 2.24) is 5.32 Å². The lowest BCUT2D eigenvalue weighted by atomic mass is 10.1. The van der Waals surface area contributed by atoms with E-state index in [0.717, 1.165) is 35.5 Å². The molecular weight excluding hydrogens is 345 g/mol. The normalized spacial score (nSPS) is 11.9. The first-order valence-electron chi connectivity index (χ1n) is 7.85. The van der Waals surface area contributed by atoms with Gasteiger partial charge in [-0.2, -0.15) is 13.2 Å². The Morgan fingerprint density at radius 3 is 2.46 bits per heavy atom. The van der Waals surface area contributed by atoms with Gasteiger partial charge in [0.15, 0.2) is 5.96 Å². The lowest BCUT2D eigenvalue weighted by Crippen LogP contribution is -2.28. The fourth-order valence-electron chi connectivity index (χ4n) is 2.17. The largest absolute Gasteiger partial charge is 0.416 e. The number of aliphatic imine (C=N–C) groups is 1. The van der Waals surface area contributed by atoms with E-state index < -0.39 is 17.6 Å².